The van der Waals surface area contributed by atoms with Crippen LogP contribution in [-0.4, -0.2) is 0 Å². The summed E-state index contributed by atoms with van der Waals surface area (Å²) in [6.07, 6.45) is 0. The minimum Gasteiger partial charge on any atom is -0.205 e. The zero-order valence-electron chi connectivity index (χ0n) is 5.47. The Hall–Kier alpha value is -0.600. The highest BCUT2D eigenvalue weighted by Crippen LogP contribution is 2.30. The molecule has 1 aromatic carbocycles. The van der Waals surface area contributed by atoms with E-state index >= 15 is 0 Å². The van der Waals surface area contributed by atoms with Gasteiger partial charge >= 0.3 is 0 Å². The fourth-order valence-corrected chi connectivity index (χ4v) is 2.10. The van der Waals surface area contributed by atoms with E-state index in [4.69, 9.17) is 11.6 Å². The Morgan fingerprint density at radius 3 is 2.91 bits per heavy atom. The fourth-order valence-electron chi connectivity index (χ4n) is 0.973. The Morgan fingerprint density at radius 1 is 1.27 bits per heavy atom. The second-order valence-electron chi connectivity index (χ2n) is 2.20. The quantitative estimate of drug-likeness (QED) is 0.589. The van der Waals surface area contributed by atoms with Crippen molar-refractivity contribution in [2.75, 3.05) is 0 Å². The van der Waals surface area contributed by atoms with E-state index in [1.807, 2.05) is 11.4 Å². The van der Waals surface area contributed by atoms with Crippen molar-refractivity contribution >= 4 is 33.0 Å². The van der Waals surface area contributed by atoms with E-state index in [0.717, 1.165) is 10.1 Å². The smallest absolute Gasteiger partial charge is 0.143 e. The van der Waals surface area contributed by atoms with Crippen molar-refractivity contribution < 1.29 is 4.39 Å². The highest BCUT2D eigenvalue weighted by Gasteiger charge is 2.04. The van der Waals surface area contributed by atoms with E-state index in [9.17, 15) is 4.39 Å². The van der Waals surface area contributed by atoms with Crippen molar-refractivity contribution in [2.45, 2.75) is 0 Å². The van der Waals surface area contributed by atoms with E-state index in [1.165, 1.54) is 17.4 Å². The van der Waals surface area contributed by atoms with Gasteiger partial charge in [0.05, 0.1) is 9.72 Å². The molecule has 0 amide bonds. The molecule has 0 nitrogen and oxygen atoms in total. The van der Waals surface area contributed by atoms with Gasteiger partial charge in [0.1, 0.15) is 5.82 Å². The third-order valence-corrected chi connectivity index (χ3v) is 2.94. The number of hydrogen-bond donors (Lipinski definition) is 0. The number of halogens is 2. The van der Waals surface area contributed by atoms with Crippen LogP contribution in [0, 0.1) is 5.82 Å². The normalized spacial score (nSPS) is 10.7. The standard InChI is InChI=1S/C8H4ClFS/c9-7-6(10)2-1-5-3-4-11-8(5)7/h1-4H. The molecule has 56 valence electrons. The molecule has 0 atom stereocenters. The van der Waals surface area contributed by atoms with Crippen molar-refractivity contribution in [3.8, 4) is 0 Å². The predicted octanol–water partition coefficient (Wildman–Crippen LogP) is 3.69. The minimum absolute atomic E-state index is 0.234. The Kier molecular flexibility index (Phi) is 1.59. The maximum absolute atomic E-state index is 12.8. The molecule has 0 aliphatic heterocycles. The number of thiophene rings is 1. The van der Waals surface area contributed by atoms with Crippen molar-refractivity contribution in [3.05, 3.63) is 34.4 Å². The molecular formula is C8H4ClFS. The third-order valence-electron chi connectivity index (χ3n) is 1.51. The summed E-state index contributed by atoms with van der Waals surface area (Å²) < 4.78 is 13.6. The van der Waals surface area contributed by atoms with Crippen molar-refractivity contribution in [2.24, 2.45) is 0 Å². The van der Waals surface area contributed by atoms with Crippen LogP contribution >= 0.6 is 22.9 Å². The first kappa shape index (κ1) is 7.07. The average Bonchev–Trinajstić information content (AvgIpc) is 2.45. The van der Waals surface area contributed by atoms with Gasteiger partial charge in [-0.3, -0.25) is 0 Å². The summed E-state index contributed by atoms with van der Waals surface area (Å²) in [5, 5.41) is 3.13. The molecule has 0 N–H and O–H groups in total. The van der Waals surface area contributed by atoms with Gasteiger partial charge in [0.2, 0.25) is 0 Å². The lowest BCUT2D eigenvalue weighted by Gasteiger charge is -1.93. The zero-order valence-corrected chi connectivity index (χ0v) is 7.05. The maximum Gasteiger partial charge on any atom is 0.143 e. The molecule has 0 saturated heterocycles. The molecule has 0 aliphatic carbocycles. The number of fused-ring (bicyclic) bond motifs is 1. The molecule has 3 heteroatoms. The lowest BCUT2D eigenvalue weighted by molar-refractivity contribution is 0.630. The van der Waals surface area contributed by atoms with Gasteiger partial charge in [-0.25, -0.2) is 4.39 Å². The second-order valence-corrected chi connectivity index (χ2v) is 3.49. The molecule has 2 aromatic rings. The molecule has 0 spiro atoms. The van der Waals surface area contributed by atoms with Crippen molar-refractivity contribution in [3.63, 3.8) is 0 Å². The summed E-state index contributed by atoms with van der Waals surface area (Å²) in [7, 11) is 0. The second kappa shape index (κ2) is 2.47. The van der Waals surface area contributed by atoms with E-state index in [-0.39, 0.29) is 10.8 Å². The van der Waals surface area contributed by atoms with Gasteiger partial charge in [-0.05, 0) is 22.9 Å². The van der Waals surface area contributed by atoms with Crippen LogP contribution in [0.1, 0.15) is 0 Å². The molecule has 0 bridgehead atoms. The molecule has 0 saturated carbocycles. The summed E-state index contributed by atoms with van der Waals surface area (Å²) in [5.74, 6) is -0.346. The van der Waals surface area contributed by atoms with Crippen LogP contribution < -0.4 is 0 Å². The molecule has 1 heterocycles. The van der Waals surface area contributed by atoms with Gasteiger partial charge in [0, 0.05) is 0 Å². The summed E-state index contributed by atoms with van der Waals surface area (Å²) in [6, 6.07) is 5.04. The van der Waals surface area contributed by atoms with Crippen LogP contribution in [0.5, 0.6) is 0 Å². The SMILES string of the molecule is Fc1ccc2ccsc2c1Cl. The minimum atomic E-state index is -0.346. The van der Waals surface area contributed by atoms with E-state index in [0.29, 0.717) is 0 Å². The van der Waals surface area contributed by atoms with E-state index in [1.54, 1.807) is 6.07 Å². The zero-order chi connectivity index (χ0) is 7.84. The van der Waals surface area contributed by atoms with Gasteiger partial charge < -0.3 is 0 Å². The Morgan fingerprint density at radius 2 is 2.09 bits per heavy atom. The fraction of sp³-hybridized carbons (Fsp3) is 0. The van der Waals surface area contributed by atoms with E-state index < -0.39 is 0 Å². The average molecular weight is 187 g/mol. The first-order chi connectivity index (χ1) is 5.29. The molecule has 0 unspecified atom stereocenters. The Bertz CT molecular complexity index is 394. The lowest BCUT2D eigenvalue weighted by Crippen LogP contribution is -1.73. The summed E-state index contributed by atoms with van der Waals surface area (Å²) in [4.78, 5) is 0. The first-order valence-electron chi connectivity index (χ1n) is 3.10. The van der Waals surface area contributed by atoms with Crippen molar-refractivity contribution in [1.82, 2.24) is 0 Å². The highest BCUT2D eigenvalue weighted by atomic mass is 35.5. The molecule has 0 aliphatic rings. The molecule has 2 rings (SSSR count). The van der Waals surface area contributed by atoms with Crippen LogP contribution in [0.15, 0.2) is 23.6 Å². The number of benzene rings is 1. The Balaban J connectivity index is 2.93. The van der Waals surface area contributed by atoms with Crippen LogP contribution in [0.4, 0.5) is 4.39 Å². The number of hydrogen-bond acceptors (Lipinski definition) is 1. The van der Waals surface area contributed by atoms with Crippen LogP contribution in [0.3, 0.4) is 0 Å². The van der Waals surface area contributed by atoms with Crippen LogP contribution in [0.25, 0.3) is 10.1 Å². The maximum atomic E-state index is 12.8. The molecular weight excluding hydrogens is 183 g/mol. The monoisotopic (exact) mass is 186 g/mol. The van der Waals surface area contributed by atoms with Gasteiger partial charge in [0.25, 0.3) is 0 Å². The lowest BCUT2D eigenvalue weighted by atomic mass is 10.2. The number of rotatable bonds is 0. The summed E-state index contributed by atoms with van der Waals surface area (Å²) in [6.45, 7) is 0. The van der Waals surface area contributed by atoms with Gasteiger partial charge in [-0.2, -0.15) is 0 Å². The van der Waals surface area contributed by atoms with Crippen LogP contribution in [-0.2, 0) is 0 Å². The predicted molar refractivity (Wildman–Crippen MR) is 46.8 cm³/mol. The molecule has 0 fully saturated rings. The molecule has 0 radical (unpaired) electrons. The van der Waals surface area contributed by atoms with E-state index in [2.05, 4.69) is 0 Å². The highest BCUT2D eigenvalue weighted by molar-refractivity contribution is 7.17. The largest absolute Gasteiger partial charge is 0.205 e. The summed E-state index contributed by atoms with van der Waals surface area (Å²) in [5.41, 5.74) is 0. The summed E-state index contributed by atoms with van der Waals surface area (Å²) >= 11 is 7.16. The van der Waals surface area contributed by atoms with Gasteiger partial charge in [-0.15, -0.1) is 11.3 Å². The molecule has 11 heavy (non-hydrogen) atoms. The Labute approximate surface area is 72.2 Å². The van der Waals surface area contributed by atoms with Gasteiger partial charge in [-0.1, -0.05) is 17.7 Å². The van der Waals surface area contributed by atoms with Gasteiger partial charge in [0.15, 0.2) is 0 Å². The third kappa shape index (κ3) is 1.03. The van der Waals surface area contributed by atoms with Crippen molar-refractivity contribution in [1.29, 1.82) is 0 Å². The topological polar surface area (TPSA) is 0 Å². The first-order valence-corrected chi connectivity index (χ1v) is 4.36. The molecule has 1 aromatic heterocycles. The van der Waals surface area contributed by atoms with Crippen LogP contribution in [0.2, 0.25) is 5.02 Å².